The van der Waals surface area contributed by atoms with Crippen molar-refractivity contribution < 1.29 is 18.4 Å². The van der Waals surface area contributed by atoms with Crippen molar-refractivity contribution in [1.82, 2.24) is 4.90 Å². The molecule has 1 aromatic carbocycles. The zero-order valence-corrected chi connectivity index (χ0v) is 11.3. The second-order valence-electron chi connectivity index (χ2n) is 3.92. The Labute approximate surface area is 113 Å². The monoisotopic (exact) mass is 292 g/mol. The predicted molar refractivity (Wildman–Crippen MR) is 69.0 cm³/mol. The molecular weight excluding hydrogens is 278 g/mol. The number of rotatable bonds is 7. The largest absolute Gasteiger partial charge is 0.427 e. The number of hydrogen-bond donors (Lipinski definition) is 0. The van der Waals surface area contributed by atoms with E-state index in [9.17, 15) is 18.9 Å². The Bertz CT molecular complexity index is 444. The average Bonchev–Trinajstić information content (AvgIpc) is 2.27. The molecule has 0 aliphatic carbocycles. The minimum atomic E-state index is -3.08. The molecule has 0 aliphatic rings. The van der Waals surface area contributed by atoms with Gasteiger partial charge in [-0.25, -0.2) is 0 Å². The minimum absolute atomic E-state index is 0.408. The summed E-state index contributed by atoms with van der Waals surface area (Å²) in [6, 6.07) is 3.97. The van der Waals surface area contributed by atoms with E-state index in [2.05, 4.69) is 4.74 Å². The Kier molecular flexibility index (Phi) is 5.97. The Morgan fingerprint density at radius 2 is 2.16 bits per heavy atom. The highest BCUT2D eigenvalue weighted by Gasteiger charge is 2.19. The summed E-state index contributed by atoms with van der Waals surface area (Å²) in [5.74, 6) is 0.341. The first-order valence-electron chi connectivity index (χ1n) is 5.41. The van der Waals surface area contributed by atoms with Crippen LogP contribution in [0.25, 0.3) is 0 Å². The van der Waals surface area contributed by atoms with Crippen molar-refractivity contribution >= 4 is 17.4 Å². The SMILES string of the molecule is CN(C)CCSc1ccc([N+](=O)[O-])c(OC(F)F)c1. The second kappa shape index (κ2) is 7.25. The molecule has 19 heavy (non-hydrogen) atoms. The molecule has 0 aliphatic heterocycles. The molecule has 5 nitrogen and oxygen atoms in total. The molecule has 0 N–H and O–H groups in total. The number of nitrogens with zero attached hydrogens (tertiary/aromatic N) is 2. The van der Waals surface area contributed by atoms with Crippen LogP contribution >= 0.6 is 11.8 Å². The van der Waals surface area contributed by atoms with Gasteiger partial charge in [0.05, 0.1) is 4.92 Å². The van der Waals surface area contributed by atoms with Gasteiger partial charge in [0.2, 0.25) is 5.75 Å². The van der Waals surface area contributed by atoms with Crippen molar-refractivity contribution in [2.24, 2.45) is 0 Å². The number of thioether (sulfide) groups is 1. The Hall–Kier alpha value is -1.41. The van der Waals surface area contributed by atoms with Gasteiger partial charge in [-0.3, -0.25) is 10.1 Å². The molecule has 1 rings (SSSR count). The van der Waals surface area contributed by atoms with Crippen LogP contribution in [0.2, 0.25) is 0 Å². The number of ether oxygens (including phenoxy) is 1. The van der Waals surface area contributed by atoms with E-state index < -0.39 is 23.0 Å². The van der Waals surface area contributed by atoms with Crippen LogP contribution in [0, 0.1) is 10.1 Å². The summed E-state index contributed by atoms with van der Waals surface area (Å²) in [6.07, 6.45) is 0. The lowest BCUT2D eigenvalue weighted by molar-refractivity contribution is -0.386. The molecule has 0 atom stereocenters. The number of benzene rings is 1. The summed E-state index contributed by atoms with van der Waals surface area (Å²) in [7, 11) is 3.84. The van der Waals surface area contributed by atoms with Crippen LogP contribution in [-0.4, -0.2) is 42.8 Å². The standard InChI is InChI=1S/C11H14F2N2O3S/c1-14(2)5-6-19-8-3-4-9(15(16)17)10(7-8)18-11(12)13/h3-4,7,11H,5-6H2,1-2H3. The quantitative estimate of drug-likeness (QED) is 0.439. The van der Waals surface area contributed by atoms with Gasteiger partial charge in [0, 0.05) is 29.3 Å². The van der Waals surface area contributed by atoms with Crippen LogP contribution in [-0.2, 0) is 0 Å². The van der Waals surface area contributed by atoms with E-state index in [-0.39, 0.29) is 0 Å². The van der Waals surface area contributed by atoms with Crippen molar-refractivity contribution in [2.45, 2.75) is 11.5 Å². The molecule has 8 heteroatoms. The molecular formula is C11H14F2N2O3S. The van der Waals surface area contributed by atoms with E-state index in [1.807, 2.05) is 19.0 Å². The highest BCUT2D eigenvalue weighted by atomic mass is 32.2. The predicted octanol–water partition coefficient (Wildman–Crippen LogP) is 2.85. The fraction of sp³-hybridized carbons (Fsp3) is 0.455. The van der Waals surface area contributed by atoms with Crippen LogP contribution in [0.1, 0.15) is 0 Å². The van der Waals surface area contributed by atoms with Gasteiger partial charge >= 0.3 is 12.3 Å². The zero-order valence-electron chi connectivity index (χ0n) is 10.5. The summed E-state index contributed by atoms with van der Waals surface area (Å²) in [5.41, 5.74) is -0.461. The number of nitro groups is 1. The normalized spacial score (nSPS) is 11.1. The van der Waals surface area contributed by atoms with Gasteiger partial charge in [-0.2, -0.15) is 8.78 Å². The summed E-state index contributed by atoms with van der Waals surface area (Å²) in [4.78, 5) is 12.6. The summed E-state index contributed by atoms with van der Waals surface area (Å²) in [6.45, 7) is -2.27. The molecule has 0 unspecified atom stereocenters. The van der Waals surface area contributed by atoms with Crippen LogP contribution in [0.15, 0.2) is 23.1 Å². The maximum Gasteiger partial charge on any atom is 0.387 e. The first-order chi connectivity index (χ1) is 8.90. The number of halogens is 2. The van der Waals surface area contributed by atoms with Crippen LogP contribution in [0.3, 0.4) is 0 Å². The summed E-state index contributed by atoms with van der Waals surface area (Å²) < 4.78 is 28.6. The number of alkyl halides is 2. The van der Waals surface area contributed by atoms with Crippen molar-refractivity contribution in [2.75, 3.05) is 26.4 Å². The third-order valence-corrected chi connectivity index (χ3v) is 3.13. The van der Waals surface area contributed by atoms with Gasteiger partial charge < -0.3 is 9.64 Å². The lowest BCUT2D eigenvalue weighted by Crippen LogP contribution is -2.14. The van der Waals surface area contributed by atoms with Gasteiger partial charge in [-0.1, -0.05) is 0 Å². The Morgan fingerprint density at radius 1 is 1.47 bits per heavy atom. The third kappa shape index (κ3) is 5.39. The van der Waals surface area contributed by atoms with Crippen LogP contribution in [0.4, 0.5) is 14.5 Å². The van der Waals surface area contributed by atoms with Gasteiger partial charge in [0.1, 0.15) is 0 Å². The smallest absolute Gasteiger partial charge is 0.387 e. The first kappa shape index (κ1) is 15.6. The highest BCUT2D eigenvalue weighted by Crippen LogP contribution is 2.32. The summed E-state index contributed by atoms with van der Waals surface area (Å²) >= 11 is 1.42. The molecule has 106 valence electrons. The van der Waals surface area contributed by atoms with E-state index >= 15 is 0 Å². The van der Waals surface area contributed by atoms with E-state index in [0.29, 0.717) is 4.90 Å². The van der Waals surface area contributed by atoms with Crippen LogP contribution in [0.5, 0.6) is 5.75 Å². The number of nitro benzene ring substituents is 1. The topological polar surface area (TPSA) is 55.6 Å². The zero-order chi connectivity index (χ0) is 14.4. The van der Waals surface area contributed by atoms with Gasteiger partial charge in [-0.05, 0) is 20.2 Å². The van der Waals surface area contributed by atoms with E-state index in [0.717, 1.165) is 12.3 Å². The van der Waals surface area contributed by atoms with Gasteiger partial charge in [0.25, 0.3) is 0 Å². The molecule has 0 aromatic heterocycles. The molecule has 0 fully saturated rings. The lowest BCUT2D eigenvalue weighted by Gasteiger charge is -2.10. The average molecular weight is 292 g/mol. The molecule has 1 aromatic rings. The molecule has 0 radical (unpaired) electrons. The molecule has 0 bridgehead atoms. The van der Waals surface area contributed by atoms with E-state index in [1.165, 1.54) is 30.0 Å². The fourth-order valence-corrected chi connectivity index (χ4v) is 2.32. The maximum absolute atomic E-state index is 12.2. The second-order valence-corrected chi connectivity index (χ2v) is 5.09. The first-order valence-corrected chi connectivity index (χ1v) is 6.39. The summed E-state index contributed by atoms with van der Waals surface area (Å²) in [5, 5.41) is 10.7. The minimum Gasteiger partial charge on any atom is -0.427 e. The Morgan fingerprint density at radius 3 is 2.68 bits per heavy atom. The fourth-order valence-electron chi connectivity index (χ4n) is 1.27. The molecule has 0 spiro atoms. The molecule has 0 saturated carbocycles. The lowest BCUT2D eigenvalue weighted by atomic mass is 10.3. The van der Waals surface area contributed by atoms with Crippen LogP contribution < -0.4 is 4.74 Å². The maximum atomic E-state index is 12.2. The van der Waals surface area contributed by atoms with Crippen molar-refractivity contribution in [3.05, 3.63) is 28.3 Å². The molecule has 0 amide bonds. The Balaban J connectivity index is 2.82. The van der Waals surface area contributed by atoms with Crippen molar-refractivity contribution in [3.8, 4) is 5.75 Å². The third-order valence-electron chi connectivity index (χ3n) is 2.15. The highest BCUT2D eigenvalue weighted by molar-refractivity contribution is 7.99. The van der Waals surface area contributed by atoms with E-state index in [1.54, 1.807) is 0 Å². The number of hydrogen-bond acceptors (Lipinski definition) is 5. The molecule has 0 heterocycles. The van der Waals surface area contributed by atoms with Crippen molar-refractivity contribution in [1.29, 1.82) is 0 Å². The molecule has 0 saturated heterocycles. The van der Waals surface area contributed by atoms with Crippen molar-refractivity contribution in [3.63, 3.8) is 0 Å². The van der Waals surface area contributed by atoms with Gasteiger partial charge in [-0.15, -0.1) is 11.8 Å². The van der Waals surface area contributed by atoms with E-state index in [4.69, 9.17) is 0 Å². The van der Waals surface area contributed by atoms with Gasteiger partial charge in [0.15, 0.2) is 0 Å².